The fraction of sp³-hybridized carbons (Fsp3) is 0.0392. The number of aromatic nitrogens is 2. The summed E-state index contributed by atoms with van der Waals surface area (Å²) in [5.74, 6) is 0. The minimum Gasteiger partial charge on any atom is -0.308 e. The predicted molar refractivity (Wildman–Crippen MR) is 227 cm³/mol. The molecule has 0 aliphatic heterocycles. The van der Waals surface area contributed by atoms with E-state index in [0.717, 1.165) is 71.9 Å². The van der Waals surface area contributed by atoms with Gasteiger partial charge in [-0.15, -0.1) is 0 Å². The van der Waals surface area contributed by atoms with E-state index in [-0.39, 0.29) is 16.8 Å². The molecular weight excluding hydrogens is 712 g/mol. The van der Waals surface area contributed by atoms with E-state index in [1.165, 1.54) is 6.07 Å². The van der Waals surface area contributed by atoms with Crippen LogP contribution in [0.15, 0.2) is 176 Å². The molecule has 10 rings (SSSR count). The predicted octanol–water partition coefficient (Wildman–Crippen LogP) is 14.8. The standard InChI is InChI=1S/C51H32F3N3/c1-32-14-13-21-42(51(52,53)54)50(32)41-30-48(56-44-22-11-9-19-37(44)39-28-35(24-26-46(39)56)33-15-5-3-6-16-33)49(31-43(41)55-2)57-45-23-12-10-20-38(45)40-29-36(25-27-47(40)57)34-17-7-4-8-18-34/h3-31H,1H3. The van der Waals surface area contributed by atoms with Gasteiger partial charge in [0.05, 0.1) is 45.6 Å². The Kier molecular flexibility index (Phi) is 7.88. The van der Waals surface area contributed by atoms with E-state index in [4.69, 9.17) is 6.57 Å². The van der Waals surface area contributed by atoms with Crippen LogP contribution in [0.4, 0.5) is 18.9 Å². The highest BCUT2D eigenvalue weighted by Crippen LogP contribution is 2.47. The first-order chi connectivity index (χ1) is 27.8. The van der Waals surface area contributed by atoms with Crippen LogP contribution in [0.3, 0.4) is 0 Å². The first kappa shape index (κ1) is 34.2. The zero-order valence-electron chi connectivity index (χ0n) is 30.7. The van der Waals surface area contributed by atoms with E-state index in [1.807, 2.05) is 60.7 Å². The van der Waals surface area contributed by atoms with Gasteiger partial charge in [0.25, 0.3) is 0 Å². The second-order valence-electron chi connectivity index (χ2n) is 14.4. The molecule has 0 aliphatic carbocycles. The monoisotopic (exact) mass is 743 g/mol. The molecule has 272 valence electrons. The molecule has 0 amide bonds. The van der Waals surface area contributed by atoms with Crippen LogP contribution >= 0.6 is 0 Å². The van der Waals surface area contributed by atoms with Crippen molar-refractivity contribution in [2.24, 2.45) is 0 Å². The lowest BCUT2D eigenvalue weighted by molar-refractivity contribution is -0.137. The topological polar surface area (TPSA) is 14.2 Å². The van der Waals surface area contributed by atoms with Crippen molar-refractivity contribution in [2.45, 2.75) is 13.1 Å². The van der Waals surface area contributed by atoms with E-state index >= 15 is 0 Å². The van der Waals surface area contributed by atoms with Crippen LogP contribution in [0.1, 0.15) is 11.1 Å². The molecule has 0 atom stereocenters. The number of nitrogens with zero attached hydrogens (tertiary/aromatic N) is 3. The Labute approximate surface area is 326 Å². The lowest BCUT2D eigenvalue weighted by Crippen LogP contribution is -2.09. The third kappa shape index (κ3) is 5.50. The minimum absolute atomic E-state index is 0.00524. The molecule has 0 unspecified atom stereocenters. The molecule has 3 nitrogen and oxygen atoms in total. The van der Waals surface area contributed by atoms with Crippen LogP contribution in [0.5, 0.6) is 0 Å². The Morgan fingerprint density at radius 1 is 0.456 bits per heavy atom. The van der Waals surface area contributed by atoms with Gasteiger partial charge in [-0.2, -0.15) is 13.2 Å². The Balaban J connectivity index is 1.35. The average Bonchev–Trinajstić information content (AvgIpc) is 3.75. The van der Waals surface area contributed by atoms with Gasteiger partial charge in [-0.3, -0.25) is 0 Å². The van der Waals surface area contributed by atoms with Gasteiger partial charge in [0, 0.05) is 21.5 Å². The number of halogens is 3. The van der Waals surface area contributed by atoms with Crippen LogP contribution in [-0.2, 0) is 6.18 Å². The van der Waals surface area contributed by atoms with Crippen LogP contribution < -0.4 is 0 Å². The lowest BCUT2D eigenvalue weighted by atomic mass is 9.92. The van der Waals surface area contributed by atoms with Gasteiger partial charge >= 0.3 is 6.18 Å². The van der Waals surface area contributed by atoms with Gasteiger partial charge in [0.1, 0.15) is 0 Å². The number of alkyl halides is 3. The molecule has 0 radical (unpaired) electrons. The van der Waals surface area contributed by atoms with Crippen molar-refractivity contribution in [3.05, 3.63) is 198 Å². The number of benzene rings is 8. The van der Waals surface area contributed by atoms with Crippen LogP contribution in [0.25, 0.3) is 93.2 Å². The van der Waals surface area contributed by atoms with Crippen molar-refractivity contribution >= 4 is 49.3 Å². The molecule has 57 heavy (non-hydrogen) atoms. The van der Waals surface area contributed by atoms with Crippen LogP contribution in [0.2, 0.25) is 0 Å². The van der Waals surface area contributed by atoms with Gasteiger partial charge in [-0.1, -0.05) is 121 Å². The van der Waals surface area contributed by atoms with Gasteiger partial charge < -0.3 is 9.13 Å². The highest BCUT2D eigenvalue weighted by Gasteiger charge is 2.35. The van der Waals surface area contributed by atoms with Crippen molar-refractivity contribution in [1.82, 2.24) is 9.13 Å². The number of aryl methyl sites for hydroxylation is 1. The highest BCUT2D eigenvalue weighted by molar-refractivity contribution is 6.13. The summed E-state index contributed by atoms with van der Waals surface area (Å²) < 4.78 is 48.8. The Morgan fingerprint density at radius 3 is 1.44 bits per heavy atom. The first-order valence-electron chi connectivity index (χ1n) is 18.7. The largest absolute Gasteiger partial charge is 0.416 e. The molecule has 0 saturated heterocycles. The molecule has 0 N–H and O–H groups in total. The molecule has 2 heterocycles. The number of hydrogen-bond acceptors (Lipinski definition) is 0. The van der Waals surface area contributed by atoms with Crippen molar-refractivity contribution in [3.8, 4) is 44.8 Å². The van der Waals surface area contributed by atoms with Gasteiger partial charge in [-0.05, 0) is 100 Å². The zero-order valence-corrected chi connectivity index (χ0v) is 30.7. The summed E-state index contributed by atoms with van der Waals surface area (Å²) in [6.07, 6.45) is -4.64. The fourth-order valence-electron chi connectivity index (χ4n) is 8.56. The maximum atomic E-state index is 14.8. The molecular formula is C51H32F3N3. The molecule has 0 saturated carbocycles. The third-order valence-electron chi connectivity index (χ3n) is 11.1. The van der Waals surface area contributed by atoms with Gasteiger partial charge in [0.15, 0.2) is 5.69 Å². The average molecular weight is 744 g/mol. The summed E-state index contributed by atoms with van der Waals surface area (Å²) in [5, 5.41) is 4.07. The summed E-state index contributed by atoms with van der Waals surface area (Å²) in [6.45, 7) is 10.1. The van der Waals surface area contributed by atoms with Crippen molar-refractivity contribution < 1.29 is 13.2 Å². The summed E-state index contributed by atoms with van der Waals surface area (Å²) in [7, 11) is 0. The number of fused-ring (bicyclic) bond motifs is 6. The number of hydrogen-bond donors (Lipinski definition) is 0. The molecule has 2 aromatic heterocycles. The summed E-state index contributed by atoms with van der Waals surface area (Å²) in [6, 6.07) is 57.3. The van der Waals surface area contributed by atoms with Crippen LogP contribution in [0, 0.1) is 13.5 Å². The summed E-state index contributed by atoms with van der Waals surface area (Å²) in [4.78, 5) is 3.95. The van der Waals surface area contributed by atoms with E-state index in [2.05, 4.69) is 98.9 Å². The van der Waals surface area contributed by atoms with E-state index in [9.17, 15) is 13.2 Å². The molecule has 0 spiro atoms. The first-order valence-corrected chi connectivity index (χ1v) is 18.7. The van der Waals surface area contributed by atoms with Crippen molar-refractivity contribution in [1.29, 1.82) is 0 Å². The van der Waals surface area contributed by atoms with Gasteiger partial charge in [0.2, 0.25) is 0 Å². The molecule has 6 heteroatoms. The van der Waals surface area contributed by atoms with Gasteiger partial charge in [-0.25, -0.2) is 4.85 Å². The Morgan fingerprint density at radius 2 is 0.930 bits per heavy atom. The van der Waals surface area contributed by atoms with E-state index in [0.29, 0.717) is 16.9 Å². The second kappa shape index (κ2) is 13.1. The second-order valence-corrected chi connectivity index (χ2v) is 14.4. The number of rotatable bonds is 5. The highest BCUT2D eigenvalue weighted by atomic mass is 19.4. The molecule has 8 aromatic carbocycles. The molecule has 10 aromatic rings. The molecule has 0 aliphatic rings. The van der Waals surface area contributed by atoms with E-state index in [1.54, 1.807) is 25.1 Å². The molecule has 0 bridgehead atoms. The zero-order chi connectivity index (χ0) is 38.8. The van der Waals surface area contributed by atoms with Crippen molar-refractivity contribution in [2.75, 3.05) is 0 Å². The normalized spacial score (nSPS) is 11.8. The Hall–Kier alpha value is -7.36. The minimum atomic E-state index is -4.64. The lowest BCUT2D eigenvalue weighted by Gasteiger charge is -2.22. The summed E-state index contributed by atoms with van der Waals surface area (Å²) in [5.41, 5.74) is 9.30. The summed E-state index contributed by atoms with van der Waals surface area (Å²) >= 11 is 0. The smallest absolute Gasteiger partial charge is 0.308 e. The Bertz CT molecular complexity index is 3240. The maximum absolute atomic E-state index is 14.8. The van der Waals surface area contributed by atoms with Crippen LogP contribution in [-0.4, -0.2) is 9.13 Å². The third-order valence-corrected chi connectivity index (χ3v) is 11.1. The number of para-hydroxylation sites is 2. The van der Waals surface area contributed by atoms with Crippen molar-refractivity contribution in [3.63, 3.8) is 0 Å². The van der Waals surface area contributed by atoms with E-state index < -0.39 is 11.7 Å². The maximum Gasteiger partial charge on any atom is 0.416 e. The SMILES string of the molecule is [C-]#[N+]c1cc(-n2c3ccccc3c3cc(-c4ccccc4)ccc32)c(-n2c3ccccc3c3cc(-c4ccccc4)ccc32)cc1-c1c(C)cccc1C(F)(F)F. The fourth-order valence-corrected chi connectivity index (χ4v) is 8.56. The quantitative estimate of drug-likeness (QED) is 0.156. The molecule has 0 fully saturated rings.